The molecule has 0 aromatic heterocycles. The lowest BCUT2D eigenvalue weighted by Gasteiger charge is -2.28. The van der Waals surface area contributed by atoms with Crippen LogP contribution in [0.25, 0.3) is 0 Å². The third kappa shape index (κ3) is 3.35. The normalized spacial score (nSPS) is 16.3. The van der Waals surface area contributed by atoms with Crippen molar-refractivity contribution < 1.29 is 9.66 Å². The van der Waals surface area contributed by atoms with Gasteiger partial charge in [-0.25, -0.2) is 0 Å². The molecular weight excluding hydrogens is 246 g/mol. The number of nitrogens with zero attached hydrogens (tertiary/aromatic N) is 2. The molecule has 0 saturated carbocycles. The molecule has 6 nitrogen and oxygen atoms in total. The lowest BCUT2D eigenvalue weighted by Crippen LogP contribution is -2.29. The van der Waals surface area contributed by atoms with Gasteiger partial charge in [-0.1, -0.05) is 0 Å². The van der Waals surface area contributed by atoms with Gasteiger partial charge in [0.2, 0.25) is 0 Å². The van der Waals surface area contributed by atoms with Crippen LogP contribution in [0.4, 0.5) is 17.1 Å². The van der Waals surface area contributed by atoms with Crippen LogP contribution < -0.4 is 10.6 Å². The van der Waals surface area contributed by atoms with Crippen LogP contribution in [0, 0.1) is 16.0 Å². The van der Waals surface area contributed by atoms with Crippen molar-refractivity contribution in [3.8, 4) is 0 Å². The molecule has 2 rings (SSSR count). The molecule has 1 fully saturated rings. The molecule has 1 aromatic carbocycles. The standard InChI is InChI=1S/C13H19N3O3/c1-15(9-10-4-6-19-7-5-10)11-2-3-13(16(17)18)12(14)8-11/h2-3,8,10H,4-7,9,14H2,1H3. The van der Waals surface area contributed by atoms with Gasteiger partial charge >= 0.3 is 0 Å². The van der Waals surface area contributed by atoms with Crippen molar-refractivity contribution in [2.75, 3.05) is 37.4 Å². The van der Waals surface area contributed by atoms with Gasteiger partial charge in [0, 0.05) is 38.6 Å². The van der Waals surface area contributed by atoms with Crippen LogP contribution in [0.5, 0.6) is 0 Å². The van der Waals surface area contributed by atoms with Gasteiger partial charge in [0.15, 0.2) is 0 Å². The highest BCUT2D eigenvalue weighted by Crippen LogP contribution is 2.27. The van der Waals surface area contributed by atoms with E-state index in [-0.39, 0.29) is 11.4 Å². The number of rotatable bonds is 4. The van der Waals surface area contributed by atoms with Crippen LogP contribution in [0.3, 0.4) is 0 Å². The van der Waals surface area contributed by atoms with E-state index in [0.29, 0.717) is 5.92 Å². The number of anilines is 2. The Hall–Kier alpha value is -1.82. The smallest absolute Gasteiger partial charge is 0.292 e. The maximum atomic E-state index is 10.7. The third-order valence-corrected chi connectivity index (χ3v) is 3.52. The third-order valence-electron chi connectivity index (χ3n) is 3.52. The first-order chi connectivity index (χ1) is 9.08. The number of nitrogen functional groups attached to an aromatic ring is 1. The largest absolute Gasteiger partial charge is 0.393 e. The summed E-state index contributed by atoms with van der Waals surface area (Å²) in [6.45, 7) is 2.56. The quantitative estimate of drug-likeness (QED) is 0.512. The summed E-state index contributed by atoms with van der Waals surface area (Å²) in [6.07, 6.45) is 2.12. The first-order valence-electron chi connectivity index (χ1n) is 6.40. The van der Waals surface area contributed by atoms with E-state index in [0.717, 1.165) is 38.3 Å². The average molecular weight is 265 g/mol. The molecule has 0 spiro atoms. The second kappa shape index (κ2) is 5.88. The maximum absolute atomic E-state index is 10.7. The number of nitrogens with two attached hydrogens (primary N) is 1. The molecule has 0 aliphatic carbocycles. The number of hydrogen-bond donors (Lipinski definition) is 1. The minimum atomic E-state index is -0.461. The van der Waals surface area contributed by atoms with Crippen molar-refractivity contribution >= 4 is 17.1 Å². The first-order valence-corrected chi connectivity index (χ1v) is 6.40. The minimum absolute atomic E-state index is 0.0387. The molecule has 0 unspecified atom stereocenters. The topological polar surface area (TPSA) is 81.6 Å². The summed E-state index contributed by atoms with van der Waals surface area (Å²) in [5, 5.41) is 10.7. The molecule has 6 heteroatoms. The Bertz CT molecular complexity index is 458. The zero-order valence-corrected chi connectivity index (χ0v) is 11.0. The van der Waals surface area contributed by atoms with E-state index in [1.165, 1.54) is 6.07 Å². The van der Waals surface area contributed by atoms with Crippen LogP contribution in [-0.2, 0) is 4.74 Å². The fraction of sp³-hybridized carbons (Fsp3) is 0.538. The van der Waals surface area contributed by atoms with E-state index in [1.807, 2.05) is 7.05 Å². The van der Waals surface area contributed by atoms with Crippen molar-refractivity contribution in [2.45, 2.75) is 12.8 Å². The van der Waals surface area contributed by atoms with Crippen LogP contribution in [0.1, 0.15) is 12.8 Å². The number of benzene rings is 1. The van der Waals surface area contributed by atoms with Crippen LogP contribution in [0.2, 0.25) is 0 Å². The molecular formula is C13H19N3O3. The predicted molar refractivity (Wildman–Crippen MR) is 74.3 cm³/mol. The number of ether oxygens (including phenoxy) is 1. The summed E-state index contributed by atoms with van der Waals surface area (Å²) < 4.78 is 5.33. The van der Waals surface area contributed by atoms with Gasteiger partial charge < -0.3 is 15.4 Å². The Morgan fingerprint density at radius 3 is 2.74 bits per heavy atom. The monoisotopic (exact) mass is 265 g/mol. The number of hydrogen-bond acceptors (Lipinski definition) is 5. The Balaban J connectivity index is 2.04. The number of nitro groups is 1. The van der Waals surface area contributed by atoms with Gasteiger partial charge in [-0.3, -0.25) is 10.1 Å². The Morgan fingerprint density at radius 1 is 1.47 bits per heavy atom. The van der Waals surface area contributed by atoms with E-state index in [1.54, 1.807) is 12.1 Å². The van der Waals surface area contributed by atoms with Gasteiger partial charge in [0.05, 0.1) is 4.92 Å². The zero-order chi connectivity index (χ0) is 13.8. The molecule has 1 saturated heterocycles. The fourth-order valence-corrected chi connectivity index (χ4v) is 2.37. The lowest BCUT2D eigenvalue weighted by atomic mass is 9.99. The van der Waals surface area contributed by atoms with Crippen LogP contribution in [0.15, 0.2) is 18.2 Å². The summed E-state index contributed by atoms with van der Waals surface area (Å²) >= 11 is 0. The second-order valence-electron chi connectivity index (χ2n) is 4.94. The highest BCUT2D eigenvalue weighted by molar-refractivity contribution is 5.66. The van der Waals surface area contributed by atoms with Gasteiger partial charge in [0.25, 0.3) is 5.69 Å². The summed E-state index contributed by atoms with van der Waals surface area (Å²) in [6, 6.07) is 4.87. The SMILES string of the molecule is CN(CC1CCOCC1)c1ccc([N+](=O)[O-])c(N)c1. The fourth-order valence-electron chi connectivity index (χ4n) is 2.37. The molecule has 1 aliphatic heterocycles. The van der Waals surface area contributed by atoms with E-state index >= 15 is 0 Å². The van der Waals surface area contributed by atoms with Crippen molar-refractivity contribution in [1.82, 2.24) is 0 Å². The van der Waals surface area contributed by atoms with E-state index in [9.17, 15) is 10.1 Å². The highest BCUT2D eigenvalue weighted by atomic mass is 16.6. The molecule has 1 aromatic rings. The van der Waals surface area contributed by atoms with Crippen LogP contribution >= 0.6 is 0 Å². The second-order valence-corrected chi connectivity index (χ2v) is 4.94. The summed E-state index contributed by atoms with van der Waals surface area (Å²) in [5.41, 5.74) is 6.79. The molecule has 1 heterocycles. The Morgan fingerprint density at radius 2 is 2.16 bits per heavy atom. The van der Waals surface area contributed by atoms with Crippen molar-refractivity contribution in [1.29, 1.82) is 0 Å². The molecule has 0 radical (unpaired) electrons. The molecule has 2 N–H and O–H groups in total. The molecule has 19 heavy (non-hydrogen) atoms. The summed E-state index contributed by atoms with van der Waals surface area (Å²) in [4.78, 5) is 12.4. The molecule has 0 atom stereocenters. The van der Waals surface area contributed by atoms with Gasteiger partial charge in [-0.2, -0.15) is 0 Å². The maximum Gasteiger partial charge on any atom is 0.292 e. The van der Waals surface area contributed by atoms with Gasteiger partial charge in [0.1, 0.15) is 5.69 Å². The van der Waals surface area contributed by atoms with Gasteiger partial charge in [-0.15, -0.1) is 0 Å². The Labute approximate surface area is 112 Å². The molecule has 104 valence electrons. The van der Waals surface area contributed by atoms with E-state index in [2.05, 4.69) is 4.90 Å². The van der Waals surface area contributed by atoms with Crippen molar-refractivity contribution in [3.05, 3.63) is 28.3 Å². The Kier molecular flexibility index (Phi) is 4.21. The average Bonchev–Trinajstić information content (AvgIpc) is 2.39. The summed E-state index contributed by atoms with van der Waals surface area (Å²) in [7, 11) is 1.98. The number of nitro benzene ring substituents is 1. The van der Waals surface area contributed by atoms with Crippen LogP contribution in [-0.4, -0.2) is 31.7 Å². The predicted octanol–water partition coefficient (Wildman–Crippen LogP) is 2.04. The highest BCUT2D eigenvalue weighted by Gasteiger charge is 2.17. The zero-order valence-electron chi connectivity index (χ0n) is 11.0. The molecule has 0 bridgehead atoms. The minimum Gasteiger partial charge on any atom is -0.393 e. The van der Waals surface area contributed by atoms with Crippen molar-refractivity contribution in [3.63, 3.8) is 0 Å². The van der Waals surface area contributed by atoms with Crippen molar-refractivity contribution in [2.24, 2.45) is 5.92 Å². The first kappa shape index (κ1) is 13.6. The molecule has 0 amide bonds. The summed E-state index contributed by atoms with van der Waals surface area (Å²) in [5.74, 6) is 0.607. The van der Waals surface area contributed by atoms with Gasteiger partial charge in [-0.05, 0) is 30.9 Å². The lowest BCUT2D eigenvalue weighted by molar-refractivity contribution is -0.383. The van der Waals surface area contributed by atoms with E-state index < -0.39 is 4.92 Å². The molecule has 1 aliphatic rings. The van der Waals surface area contributed by atoms with E-state index in [4.69, 9.17) is 10.5 Å².